The van der Waals surface area contributed by atoms with E-state index in [9.17, 15) is 28.3 Å². The van der Waals surface area contributed by atoms with Crippen LogP contribution in [0, 0.1) is 6.92 Å². The molecule has 1 amide bonds. The van der Waals surface area contributed by atoms with E-state index in [1.54, 1.807) is 20.2 Å². The normalized spacial score (nSPS) is 19.9. The molecule has 192 valence electrons. The lowest BCUT2D eigenvalue weighted by Crippen LogP contribution is -2.43. The number of aromatic nitrogens is 3. The molecule has 0 aliphatic carbocycles. The molecule has 11 nitrogen and oxygen atoms in total. The molecule has 3 heterocycles. The summed E-state index contributed by atoms with van der Waals surface area (Å²) in [6.07, 6.45) is 2.32. The minimum Gasteiger partial charge on any atom is -0.504 e. The first kappa shape index (κ1) is 25.2. The summed E-state index contributed by atoms with van der Waals surface area (Å²) in [7, 11) is 4.64. The molecule has 1 aliphatic heterocycles. The molecule has 0 unspecified atom stereocenters. The lowest BCUT2D eigenvalue weighted by Gasteiger charge is -2.34. The van der Waals surface area contributed by atoms with Gasteiger partial charge in [-0.15, -0.1) is 0 Å². The molecule has 0 spiro atoms. The predicted molar refractivity (Wildman–Crippen MR) is 127 cm³/mol. The van der Waals surface area contributed by atoms with E-state index in [4.69, 9.17) is 4.74 Å². The quantitative estimate of drug-likeness (QED) is 0.411. The molecule has 2 atom stereocenters. The van der Waals surface area contributed by atoms with Gasteiger partial charge in [0.2, 0.25) is 0 Å². The standard InChI is InChI=1S/C23H26F2N6O5/c1-11-8-31(5)29-13(11)20(22(2)9-23(24,25)10-36-22)28-15-14(18(33)19(15)34)27-12-6-7-26-16(17(12)32)21(35)30(3)4/h6-8,20,28,32H,9-10H2,1-5H3,(H,26,27)/t20-,22-/m0/s1. The highest BCUT2D eigenvalue weighted by molar-refractivity contribution is 5.97. The fourth-order valence-electron chi connectivity index (χ4n) is 4.34. The molecular formula is C23H26F2N6O5. The second kappa shape index (κ2) is 8.66. The Balaban J connectivity index is 1.72. The second-order valence-corrected chi connectivity index (χ2v) is 9.37. The number of carbonyl (C=O) groups excluding carboxylic acids is 1. The van der Waals surface area contributed by atoms with Crippen molar-refractivity contribution in [3.05, 3.63) is 55.9 Å². The molecule has 3 aromatic rings. The molecule has 2 aromatic heterocycles. The minimum absolute atomic E-state index is 0.0363. The zero-order valence-electron chi connectivity index (χ0n) is 20.3. The zero-order valence-corrected chi connectivity index (χ0v) is 20.3. The van der Waals surface area contributed by atoms with E-state index in [0.29, 0.717) is 11.3 Å². The maximum Gasteiger partial charge on any atom is 0.275 e. The zero-order chi connectivity index (χ0) is 26.6. The Hall–Kier alpha value is -3.87. The SMILES string of the molecule is Cc1cn(C)nc1[C@H](Nc1c(Nc2ccnc(C(=O)N(C)C)c2O)c(=O)c1=O)[C@]1(C)CC(F)(F)CO1. The first-order valence-corrected chi connectivity index (χ1v) is 11.0. The molecule has 36 heavy (non-hydrogen) atoms. The molecule has 4 rings (SSSR count). The molecule has 1 aliphatic rings. The van der Waals surface area contributed by atoms with Gasteiger partial charge in [0.05, 0.1) is 23.0 Å². The van der Waals surface area contributed by atoms with Crippen molar-refractivity contribution in [3.63, 3.8) is 0 Å². The third kappa shape index (κ3) is 4.30. The summed E-state index contributed by atoms with van der Waals surface area (Å²) in [4.78, 5) is 42.4. The number of hydrogen-bond acceptors (Lipinski definition) is 9. The summed E-state index contributed by atoms with van der Waals surface area (Å²) < 4.78 is 35.4. The number of nitrogens with one attached hydrogen (secondary N) is 2. The summed E-state index contributed by atoms with van der Waals surface area (Å²) in [5.74, 6) is -4.17. The second-order valence-electron chi connectivity index (χ2n) is 9.37. The number of pyridine rings is 1. The maximum absolute atomic E-state index is 14.2. The van der Waals surface area contributed by atoms with Crippen molar-refractivity contribution in [2.45, 2.75) is 37.8 Å². The van der Waals surface area contributed by atoms with Gasteiger partial charge in [-0.3, -0.25) is 19.1 Å². The van der Waals surface area contributed by atoms with Gasteiger partial charge in [0.15, 0.2) is 11.4 Å². The van der Waals surface area contributed by atoms with Crippen LogP contribution in [-0.2, 0) is 11.8 Å². The summed E-state index contributed by atoms with van der Waals surface area (Å²) >= 11 is 0. The van der Waals surface area contributed by atoms with E-state index in [1.807, 2.05) is 0 Å². The lowest BCUT2D eigenvalue weighted by molar-refractivity contribution is -0.0248. The van der Waals surface area contributed by atoms with Gasteiger partial charge in [0, 0.05) is 40.0 Å². The molecule has 1 fully saturated rings. The molecule has 0 bridgehead atoms. The summed E-state index contributed by atoms with van der Waals surface area (Å²) in [6.45, 7) is 2.44. The highest BCUT2D eigenvalue weighted by Gasteiger charge is 2.54. The largest absolute Gasteiger partial charge is 0.504 e. The van der Waals surface area contributed by atoms with Crippen LogP contribution in [0.2, 0.25) is 0 Å². The number of rotatable bonds is 7. The van der Waals surface area contributed by atoms with Crippen LogP contribution in [-0.4, -0.2) is 62.9 Å². The summed E-state index contributed by atoms with van der Waals surface area (Å²) in [5, 5.41) is 20.5. The van der Waals surface area contributed by atoms with E-state index in [-0.39, 0.29) is 22.8 Å². The van der Waals surface area contributed by atoms with Crippen molar-refractivity contribution in [1.29, 1.82) is 0 Å². The predicted octanol–water partition coefficient (Wildman–Crippen LogP) is 1.84. The average Bonchev–Trinajstić information content (AvgIpc) is 3.29. The van der Waals surface area contributed by atoms with Crippen molar-refractivity contribution in [2.24, 2.45) is 7.05 Å². The van der Waals surface area contributed by atoms with E-state index >= 15 is 0 Å². The number of carbonyl (C=O) groups is 1. The van der Waals surface area contributed by atoms with Crippen molar-refractivity contribution in [3.8, 4) is 5.75 Å². The monoisotopic (exact) mass is 504 g/mol. The third-order valence-corrected chi connectivity index (χ3v) is 6.15. The molecule has 0 saturated carbocycles. The van der Waals surface area contributed by atoms with Crippen LogP contribution in [0.1, 0.15) is 41.1 Å². The number of aryl methyl sites for hydroxylation is 2. The van der Waals surface area contributed by atoms with Crippen molar-refractivity contribution in [1.82, 2.24) is 19.7 Å². The number of halogens is 2. The number of aromatic hydroxyl groups is 1. The van der Waals surface area contributed by atoms with Crippen molar-refractivity contribution < 1.29 is 23.4 Å². The van der Waals surface area contributed by atoms with Gasteiger partial charge in [0.1, 0.15) is 18.0 Å². The molecule has 13 heteroatoms. The number of anilines is 3. The Morgan fingerprint density at radius 1 is 1.28 bits per heavy atom. The van der Waals surface area contributed by atoms with Gasteiger partial charge >= 0.3 is 0 Å². The molecule has 1 saturated heterocycles. The van der Waals surface area contributed by atoms with Crippen LogP contribution in [0.5, 0.6) is 5.75 Å². The maximum atomic E-state index is 14.2. The van der Waals surface area contributed by atoms with Crippen molar-refractivity contribution >= 4 is 23.0 Å². The minimum atomic E-state index is -3.08. The van der Waals surface area contributed by atoms with Crippen LogP contribution in [0.15, 0.2) is 28.0 Å². The molecular weight excluding hydrogens is 478 g/mol. The number of nitrogens with zero attached hydrogens (tertiary/aromatic N) is 4. The van der Waals surface area contributed by atoms with E-state index < -0.39 is 53.1 Å². The third-order valence-electron chi connectivity index (χ3n) is 6.15. The fraction of sp³-hybridized carbons (Fsp3) is 0.435. The van der Waals surface area contributed by atoms with E-state index in [0.717, 1.165) is 0 Å². The smallest absolute Gasteiger partial charge is 0.275 e. The van der Waals surface area contributed by atoms with Gasteiger partial charge in [-0.2, -0.15) is 5.10 Å². The first-order chi connectivity index (χ1) is 16.7. The van der Waals surface area contributed by atoms with Gasteiger partial charge in [-0.25, -0.2) is 13.8 Å². The van der Waals surface area contributed by atoms with Crippen LogP contribution in [0.4, 0.5) is 25.8 Å². The molecule has 0 radical (unpaired) electrons. The number of hydrogen-bond donors (Lipinski definition) is 3. The van der Waals surface area contributed by atoms with Gasteiger partial charge in [0.25, 0.3) is 22.7 Å². The Morgan fingerprint density at radius 2 is 1.94 bits per heavy atom. The van der Waals surface area contributed by atoms with Gasteiger partial charge in [-0.05, 0) is 25.5 Å². The molecule has 1 aromatic carbocycles. The van der Waals surface area contributed by atoms with Crippen LogP contribution < -0.4 is 21.5 Å². The van der Waals surface area contributed by atoms with Crippen molar-refractivity contribution in [2.75, 3.05) is 31.3 Å². The first-order valence-electron chi connectivity index (χ1n) is 11.0. The number of amides is 1. The van der Waals surface area contributed by atoms with Gasteiger partial charge < -0.3 is 25.4 Å². The Morgan fingerprint density at radius 3 is 2.50 bits per heavy atom. The summed E-state index contributed by atoms with van der Waals surface area (Å²) in [6, 6.07) is 0.318. The van der Waals surface area contributed by atoms with E-state index in [1.165, 1.54) is 42.9 Å². The van der Waals surface area contributed by atoms with Crippen LogP contribution in [0.25, 0.3) is 0 Å². The highest BCUT2D eigenvalue weighted by atomic mass is 19.3. The molecule has 3 N–H and O–H groups in total. The Kier molecular flexibility index (Phi) is 6.07. The number of alkyl halides is 2. The summed E-state index contributed by atoms with van der Waals surface area (Å²) in [5.41, 5.74) is -2.83. The number of ether oxygens (including phenoxy) is 1. The van der Waals surface area contributed by atoms with Crippen LogP contribution in [0.3, 0.4) is 0 Å². The highest BCUT2D eigenvalue weighted by Crippen LogP contribution is 2.46. The fourth-order valence-corrected chi connectivity index (χ4v) is 4.34. The Labute approximate surface area is 204 Å². The van der Waals surface area contributed by atoms with Gasteiger partial charge in [-0.1, -0.05) is 0 Å². The van der Waals surface area contributed by atoms with Crippen LogP contribution >= 0.6 is 0 Å². The topological polar surface area (TPSA) is 139 Å². The Bertz CT molecular complexity index is 1410. The lowest BCUT2D eigenvalue weighted by atomic mass is 9.88. The average molecular weight is 504 g/mol. The van der Waals surface area contributed by atoms with E-state index in [2.05, 4.69) is 20.7 Å².